The Balaban J connectivity index is -0.00000157. The molecule has 1 N–H and O–H groups in total. The Bertz CT molecular complexity index is 946. The fourth-order valence-corrected chi connectivity index (χ4v) is 3.34. The second-order valence-electron chi connectivity index (χ2n) is 7.30. The zero-order chi connectivity index (χ0) is 31.6. The standard InChI is InChI=1S/C24H30F3N3O2.3C2H6.C2H2/c1-4-8-18(14-21(9-5-2)24(25,26)27)15-28-22(32-3)16-29-23(31)30-13-12-19-10-6-7-11-20(19)17-30;4*1-2/h4,6-11,14H,5,12-13,15-17H2,1-3H3,(H,29,31);3*1-2H3;1-2H/b8-4-,18-14+,21-9-,28-22?;;;;. The second kappa shape index (κ2) is 25.8. The van der Waals surface area contributed by atoms with E-state index >= 15 is 0 Å². The van der Waals surface area contributed by atoms with Crippen LogP contribution in [0.3, 0.4) is 0 Å². The van der Waals surface area contributed by atoms with Crippen LogP contribution in [0.1, 0.15) is 72.9 Å². The molecule has 1 aromatic carbocycles. The molecule has 0 fully saturated rings. The molecule has 0 aliphatic carbocycles. The SMILES string of the molecule is C#C.CC.CC.CC.C\C=C/C(=C\C(=C\CC)C(F)(F)F)CN=C(CNC(=O)N1CCc2ccccc2C1)OC. The van der Waals surface area contributed by atoms with E-state index in [2.05, 4.69) is 29.2 Å². The highest BCUT2D eigenvalue weighted by atomic mass is 19.4. The first-order chi connectivity index (χ1) is 19.3. The number of carbonyl (C=O) groups is 1. The highest BCUT2D eigenvalue weighted by Crippen LogP contribution is 2.28. The summed E-state index contributed by atoms with van der Waals surface area (Å²) in [7, 11) is 1.42. The summed E-state index contributed by atoms with van der Waals surface area (Å²) in [6.45, 7) is 16.6. The lowest BCUT2D eigenvalue weighted by Gasteiger charge is -2.28. The van der Waals surface area contributed by atoms with E-state index in [-0.39, 0.29) is 31.4 Å². The lowest BCUT2D eigenvalue weighted by atomic mass is 10.0. The summed E-state index contributed by atoms with van der Waals surface area (Å²) in [6, 6.07) is 7.77. The first kappa shape index (κ1) is 41.0. The zero-order valence-corrected chi connectivity index (χ0v) is 25.9. The third-order valence-electron chi connectivity index (χ3n) is 4.96. The number of fused-ring (bicyclic) bond motifs is 1. The Morgan fingerprint density at radius 3 is 2.17 bits per heavy atom. The number of rotatable bonds is 7. The van der Waals surface area contributed by atoms with Crippen LogP contribution in [0.5, 0.6) is 0 Å². The number of halogens is 3. The highest BCUT2D eigenvalue weighted by molar-refractivity contribution is 5.84. The summed E-state index contributed by atoms with van der Waals surface area (Å²) >= 11 is 0. The largest absolute Gasteiger partial charge is 0.483 e. The lowest BCUT2D eigenvalue weighted by Crippen LogP contribution is -2.44. The van der Waals surface area contributed by atoms with Gasteiger partial charge in [0.15, 0.2) is 0 Å². The molecule has 1 aliphatic rings. The third kappa shape index (κ3) is 16.5. The molecule has 0 unspecified atom stereocenters. The molecule has 8 heteroatoms. The molecule has 2 rings (SSSR count). The van der Waals surface area contributed by atoms with E-state index in [0.29, 0.717) is 18.7 Å². The van der Waals surface area contributed by atoms with Crippen LogP contribution in [0.2, 0.25) is 0 Å². The minimum absolute atomic E-state index is 0.00237. The Labute approximate surface area is 241 Å². The minimum Gasteiger partial charge on any atom is -0.483 e. The second-order valence-corrected chi connectivity index (χ2v) is 7.30. The number of methoxy groups -OCH3 is 1. The van der Waals surface area contributed by atoms with E-state index in [1.54, 1.807) is 30.9 Å². The fourth-order valence-electron chi connectivity index (χ4n) is 3.34. The summed E-state index contributed by atoms with van der Waals surface area (Å²) < 4.78 is 44.8. The van der Waals surface area contributed by atoms with Gasteiger partial charge in [-0.25, -0.2) is 9.79 Å². The molecule has 1 aliphatic heterocycles. The van der Waals surface area contributed by atoms with E-state index in [1.165, 1.54) is 12.7 Å². The molecule has 0 radical (unpaired) electrons. The molecular weight excluding hydrogens is 515 g/mol. The van der Waals surface area contributed by atoms with Crippen LogP contribution >= 0.6 is 0 Å². The number of aliphatic imine (C=N–C) groups is 1. The Morgan fingerprint density at radius 1 is 1.10 bits per heavy atom. The van der Waals surface area contributed by atoms with Gasteiger partial charge in [-0.15, -0.1) is 12.8 Å². The molecule has 0 saturated carbocycles. The van der Waals surface area contributed by atoms with Crippen LogP contribution < -0.4 is 5.32 Å². The van der Waals surface area contributed by atoms with Crippen molar-refractivity contribution in [1.29, 1.82) is 0 Å². The maximum Gasteiger partial charge on any atom is 0.416 e. The quantitative estimate of drug-likeness (QED) is 0.156. The van der Waals surface area contributed by atoms with Crippen molar-refractivity contribution >= 4 is 11.9 Å². The first-order valence-corrected chi connectivity index (χ1v) is 13.9. The molecule has 0 saturated heterocycles. The average Bonchev–Trinajstić information content (AvgIpc) is 3.00. The van der Waals surface area contributed by atoms with Crippen molar-refractivity contribution in [2.45, 2.75) is 81.0 Å². The van der Waals surface area contributed by atoms with Gasteiger partial charge in [0.05, 0.1) is 25.8 Å². The van der Waals surface area contributed by atoms with Gasteiger partial charge in [-0.2, -0.15) is 13.2 Å². The number of benzene rings is 1. The van der Waals surface area contributed by atoms with E-state index in [4.69, 9.17) is 4.74 Å². The van der Waals surface area contributed by atoms with Crippen LogP contribution in [0.25, 0.3) is 0 Å². The molecule has 0 spiro atoms. The first-order valence-electron chi connectivity index (χ1n) is 13.9. The summed E-state index contributed by atoms with van der Waals surface area (Å²) in [5, 5.41) is 2.78. The summed E-state index contributed by atoms with van der Waals surface area (Å²) in [5.74, 6) is 0.235. The van der Waals surface area contributed by atoms with E-state index in [1.807, 2.05) is 59.7 Å². The molecule has 0 aromatic heterocycles. The van der Waals surface area contributed by atoms with Crippen molar-refractivity contribution in [3.8, 4) is 12.8 Å². The highest BCUT2D eigenvalue weighted by Gasteiger charge is 2.31. The van der Waals surface area contributed by atoms with Crippen molar-refractivity contribution in [2.24, 2.45) is 4.99 Å². The predicted molar refractivity (Wildman–Crippen MR) is 165 cm³/mol. The number of ether oxygens (including phenoxy) is 1. The van der Waals surface area contributed by atoms with Gasteiger partial charge in [-0.3, -0.25) is 0 Å². The average molecular weight is 566 g/mol. The number of hydrogen-bond donors (Lipinski definition) is 1. The molecule has 2 amide bonds. The van der Waals surface area contributed by atoms with Gasteiger partial charge in [0.25, 0.3) is 0 Å². The maximum atomic E-state index is 13.2. The Kier molecular flexibility index (Phi) is 26.4. The summed E-state index contributed by atoms with van der Waals surface area (Å²) in [6.07, 6.45) is 10.1. The topological polar surface area (TPSA) is 53.9 Å². The number of urea groups is 1. The van der Waals surface area contributed by atoms with Crippen LogP contribution in [0, 0.1) is 12.8 Å². The van der Waals surface area contributed by atoms with Gasteiger partial charge in [-0.1, -0.05) is 91.0 Å². The molecule has 1 aromatic rings. The lowest BCUT2D eigenvalue weighted by molar-refractivity contribution is -0.0884. The van der Waals surface area contributed by atoms with Crippen LogP contribution in [-0.2, 0) is 17.7 Å². The van der Waals surface area contributed by atoms with Crippen molar-refractivity contribution in [3.63, 3.8) is 0 Å². The van der Waals surface area contributed by atoms with Crippen LogP contribution in [0.15, 0.2) is 64.7 Å². The van der Waals surface area contributed by atoms with Crippen molar-refractivity contribution in [3.05, 3.63) is 70.8 Å². The zero-order valence-electron chi connectivity index (χ0n) is 25.9. The summed E-state index contributed by atoms with van der Waals surface area (Å²) in [4.78, 5) is 18.5. The predicted octanol–water partition coefficient (Wildman–Crippen LogP) is 8.53. The normalized spacial score (nSPS) is 13.1. The number of amides is 2. The molecule has 5 nitrogen and oxygen atoms in total. The van der Waals surface area contributed by atoms with Crippen molar-refractivity contribution in [2.75, 3.05) is 26.7 Å². The monoisotopic (exact) mass is 565 g/mol. The number of nitrogens with zero attached hydrogens (tertiary/aromatic N) is 2. The van der Waals surface area contributed by atoms with E-state index < -0.39 is 11.7 Å². The Hall–Kier alpha value is -3.47. The minimum atomic E-state index is -4.43. The molecule has 0 atom stereocenters. The van der Waals surface area contributed by atoms with E-state index in [9.17, 15) is 18.0 Å². The van der Waals surface area contributed by atoms with Gasteiger partial charge in [-0.05, 0) is 42.5 Å². The van der Waals surface area contributed by atoms with Crippen molar-refractivity contribution in [1.82, 2.24) is 10.2 Å². The maximum absolute atomic E-state index is 13.2. The number of nitrogens with one attached hydrogen (secondary N) is 1. The van der Waals surface area contributed by atoms with Gasteiger partial charge in [0, 0.05) is 13.1 Å². The summed E-state index contributed by atoms with van der Waals surface area (Å²) in [5.41, 5.74) is 2.05. The molecular formula is C32H50F3N3O2. The van der Waals surface area contributed by atoms with Gasteiger partial charge < -0.3 is 15.0 Å². The molecule has 226 valence electrons. The van der Waals surface area contributed by atoms with E-state index in [0.717, 1.165) is 24.1 Å². The Morgan fingerprint density at radius 2 is 1.68 bits per heavy atom. The number of alkyl halides is 3. The molecule has 40 heavy (non-hydrogen) atoms. The number of carbonyl (C=O) groups excluding carboxylic acids is 1. The third-order valence-corrected chi connectivity index (χ3v) is 4.96. The number of terminal acetylenes is 1. The molecule has 0 bridgehead atoms. The van der Waals surface area contributed by atoms with Crippen LogP contribution in [0.4, 0.5) is 18.0 Å². The van der Waals surface area contributed by atoms with Crippen molar-refractivity contribution < 1.29 is 22.7 Å². The van der Waals surface area contributed by atoms with Gasteiger partial charge in [0.1, 0.15) is 0 Å². The number of hydrogen-bond acceptors (Lipinski definition) is 3. The van der Waals surface area contributed by atoms with Gasteiger partial charge in [0.2, 0.25) is 5.90 Å². The fraction of sp³-hybridized carbons (Fsp3) is 0.500. The van der Waals surface area contributed by atoms with Gasteiger partial charge >= 0.3 is 12.2 Å². The van der Waals surface area contributed by atoms with Crippen LogP contribution in [-0.4, -0.2) is 49.7 Å². The number of allylic oxidation sites excluding steroid dienone is 4. The molecule has 1 heterocycles. The smallest absolute Gasteiger partial charge is 0.416 e.